The van der Waals surface area contributed by atoms with Crippen molar-refractivity contribution in [2.75, 3.05) is 12.4 Å². The molecule has 0 N–H and O–H groups in total. The number of hydrogen-bond acceptors (Lipinski definition) is 2. The molecule has 0 saturated carbocycles. The molecule has 0 aliphatic rings. The summed E-state index contributed by atoms with van der Waals surface area (Å²) < 4.78 is 7.83. The number of ether oxygens (including phenoxy) is 1. The highest BCUT2D eigenvalue weighted by molar-refractivity contribution is 9.10. The lowest BCUT2D eigenvalue weighted by molar-refractivity contribution is 0.344. The van der Waals surface area contributed by atoms with Crippen LogP contribution in [0.25, 0.3) is 0 Å². The molecule has 0 aromatic heterocycles. The maximum Gasteiger partial charge on any atom is 0.120 e. The van der Waals surface area contributed by atoms with Gasteiger partial charge in [-0.05, 0) is 36.4 Å². The van der Waals surface area contributed by atoms with Gasteiger partial charge in [-0.15, -0.1) is 11.8 Å². The monoisotopic (exact) mass is 386 g/mol. The van der Waals surface area contributed by atoms with Crippen molar-refractivity contribution in [1.82, 2.24) is 0 Å². The highest BCUT2D eigenvalue weighted by atomic mass is 79.9. The molecule has 4 heteroatoms. The van der Waals surface area contributed by atoms with E-state index in [4.69, 9.17) is 4.74 Å². The fourth-order valence-electron chi connectivity index (χ4n) is 1.43. The number of halogens is 2. The molecule has 2 aromatic rings. The lowest BCUT2D eigenvalue weighted by Crippen LogP contribution is -1.99. The fraction of sp³-hybridized carbons (Fsp3) is 0.143. The van der Waals surface area contributed by atoms with E-state index in [1.54, 1.807) is 11.8 Å². The van der Waals surface area contributed by atoms with Crippen molar-refractivity contribution in [3.63, 3.8) is 0 Å². The van der Waals surface area contributed by atoms with E-state index in [9.17, 15) is 0 Å². The summed E-state index contributed by atoms with van der Waals surface area (Å²) in [6, 6.07) is 16.2. The van der Waals surface area contributed by atoms with Gasteiger partial charge in [0.2, 0.25) is 0 Å². The van der Waals surface area contributed by atoms with E-state index in [1.165, 1.54) is 4.90 Å². The molecule has 2 rings (SSSR count). The van der Waals surface area contributed by atoms with Gasteiger partial charge in [0.25, 0.3) is 0 Å². The second-order valence-corrected chi connectivity index (χ2v) is 6.61. The Bertz CT molecular complexity index is 469. The Morgan fingerprint density at radius 2 is 1.67 bits per heavy atom. The first kappa shape index (κ1) is 14.0. The third kappa shape index (κ3) is 4.67. The van der Waals surface area contributed by atoms with E-state index >= 15 is 0 Å². The van der Waals surface area contributed by atoms with Crippen LogP contribution in [0.4, 0.5) is 0 Å². The van der Waals surface area contributed by atoms with Crippen molar-refractivity contribution < 1.29 is 4.74 Å². The normalized spacial score (nSPS) is 10.3. The van der Waals surface area contributed by atoms with E-state index < -0.39 is 0 Å². The van der Waals surface area contributed by atoms with Gasteiger partial charge in [-0.3, -0.25) is 0 Å². The number of hydrogen-bond donors (Lipinski definition) is 0. The highest BCUT2D eigenvalue weighted by Gasteiger charge is 1.97. The van der Waals surface area contributed by atoms with Crippen LogP contribution in [0.3, 0.4) is 0 Å². The van der Waals surface area contributed by atoms with E-state index in [0.717, 1.165) is 20.4 Å². The molecule has 1 nitrogen and oxygen atoms in total. The molecule has 94 valence electrons. The minimum absolute atomic E-state index is 0.702. The van der Waals surface area contributed by atoms with Crippen molar-refractivity contribution in [2.45, 2.75) is 4.90 Å². The summed E-state index contributed by atoms with van der Waals surface area (Å²) in [4.78, 5) is 1.25. The molecule has 0 amide bonds. The maximum atomic E-state index is 5.68. The van der Waals surface area contributed by atoms with Gasteiger partial charge in [0.1, 0.15) is 5.75 Å². The molecule has 0 spiro atoms. The van der Waals surface area contributed by atoms with Crippen LogP contribution in [0.1, 0.15) is 0 Å². The molecule has 0 bridgehead atoms. The van der Waals surface area contributed by atoms with Crippen LogP contribution in [0, 0.1) is 0 Å². The fourth-order valence-corrected chi connectivity index (χ4v) is 3.15. The summed E-state index contributed by atoms with van der Waals surface area (Å²) in [6.07, 6.45) is 0. The highest BCUT2D eigenvalue weighted by Crippen LogP contribution is 2.22. The molecule has 0 atom stereocenters. The number of rotatable bonds is 5. The smallest absolute Gasteiger partial charge is 0.120 e. The van der Waals surface area contributed by atoms with E-state index in [0.29, 0.717) is 6.61 Å². The molecule has 0 radical (unpaired) electrons. The summed E-state index contributed by atoms with van der Waals surface area (Å²) in [5.41, 5.74) is 0. The summed E-state index contributed by atoms with van der Waals surface area (Å²) in [5.74, 6) is 1.84. The first-order valence-corrected chi connectivity index (χ1v) is 8.08. The topological polar surface area (TPSA) is 9.23 Å². The average molecular weight is 388 g/mol. The van der Waals surface area contributed by atoms with Gasteiger partial charge in [0, 0.05) is 19.6 Å². The molecular weight excluding hydrogens is 376 g/mol. The van der Waals surface area contributed by atoms with Crippen LogP contribution in [0.15, 0.2) is 62.4 Å². The van der Waals surface area contributed by atoms with Crippen molar-refractivity contribution >= 4 is 43.6 Å². The minimum atomic E-state index is 0.702. The van der Waals surface area contributed by atoms with E-state index in [2.05, 4.69) is 44.0 Å². The lowest BCUT2D eigenvalue weighted by atomic mass is 10.3. The number of thioether (sulfide) groups is 1. The van der Waals surface area contributed by atoms with E-state index in [1.807, 2.05) is 36.4 Å². The average Bonchev–Trinajstić information content (AvgIpc) is 2.35. The third-order valence-electron chi connectivity index (χ3n) is 2.21. The predicted molar refractivity (Wildman–Crippen MR) is 84.5 cm³/mol. The molecule has 0 unspecified atom stereocenters. The van der Waals surface area contributed by atoms with Crippen molar-refractivity contribution in [3.8, 4) is 5.75 Å². The van der Waals surface area contributed by atoms with Gasteiger partial charge >= 0.3 is 0 Å². The summed E-state index contributed by atoms with van der Waals surface area (Å²) in [7, 11) is 0. The van der Waals surface area contributed by atoms with Crippen molar-refractivity contribution in [1.29, 1.82) is 0 Å². The summed E-state index contributed by atoms with van der Waals surface area (Å²) in [5, 5.41) is 0. The van der Waals surface area contributed by atoms with Gasteiger partial charge < -0.3 is 4.74 Å². The largest absolute Gasteiger partial charge is 0.493 e. The Balaban J connectivity index is 1.76. The first-order valence-electron chi connectivity index (χ1n) is 5.51. The zero-order chi connectivity index (χ0) is 12.8. The molecular formula is C14H12Br2OS. The summed E-state index contributed by atoms with van der Waals surface area (Å²) >= 11 is 8.68. The lowest BCUT2D eigenvalue weighted by Gasteiger charge is -2.06. The Kier molecular flexibility index (Phi) is 5.60. The zero-order valence-corrected chi connectivity index (χ0v) is 13.6. The minimum Gasteiger partial charge on any atom is -0.493 e. The van der Waals surface area contributed by atoms with Crippen molar-refractivity contribution in [2.24, 2.45) is 0 Å². The Labute approximate surface area is 128 Å². The Morgan fingerprint density at radius 1 is 0.944 bits per heavy atom. The van der Waals surface area contributed by atoms with Crippen LogP contribution in [0.2, 0.25) is 0 Å². The first-order chi connectivity index (χ1) is 8.74. The molecule has 0 fully saturated rings. The van der Waals surface area contributed by atoms with Gasteiger partial charge in [-0.2, -0.15) is 0 Å². The quantitative estimate of drug-likeness (QED) is 0.502. The van der Waals surface area contributed by atoms with Crippen LogP contribution in [-0.2, 0) is 0 Å². The SMILES string of the molecule is Brc1cccc(OCCSc2cccc(Br)c2)c1. The van der Waals surface area contributed by atoms with Crippen LogP contribution >= 0.6 is 43.6 Å². The maximum absolute atomic E-state index is 5.68. The Hall–Kier alpha value is -0.450. The number of benzene rings is 2. The van der Waals surface area contributed by atoms with Gasteiger partial charge in [0.15, 0.2) is 0 Å². The Morgan fingerprint density at radius 3 is 2.39 bits per heavy atom. The second kappa shape index (κ2) is 7.22. The zero-order valence-electron chi connectivity index (χ0n) is 9.61. The molecule has 2 aromatic carbocycles. The molecule has 18 heavy (non-hydrogen) atoms. The van der Waals surface area contributed by atoms with E-state index in [-0.39, 0.29) is 0 Å². The second-order valence-electron chi connectivity index (χ2n) is 3.61. The van der Waals surface area contributed by atoms with Crippen molar-refractivity contribution in [3.05, 3.63) is 57.5 Å². The van der Waals surface area contributed by atoms with Gasteiger partial charge in [0.05, 0.1) is 6.61 Å². The van der Waals surface area contributed by atoms with Crippen LogP contribution < -0.4 is 4.74 Å². The van der Waals surface area contributed by atoms with Gasteiger partial charge in [-0.1, -0.05) is 44.0 Å². The predicted octanol–water partition coefficient (Wildman–Crippen LogP) is 5.38. The summed E-state index contributed by atoms with van der Waals surface area (Å²) in [6.45, 7) is 0.702. The third-order valence-corrected chi connectivity index (χ3v) is 4.16. The molecule has 0 aliphatic heterocycles. The molecule has 0 aliphatic carbocycles. The van der Waals surface area contributed by atoms with Gasteiger partial charge in [-0.25, -0.2) is 0 Å². The standard InChI is InChI=1S/C14H12Br2OS/c15-11-3-1-5-13(9-11)17-7-8-18-14-6-2-4-12(16)10-14/h1-6,9-10H,7-8H2. The van der Waals surface area contributed by atoms with Crippen LogP contribution in [0.5, 0.6) is 5.75 Å². The molecule has 0 heterocycles. The molecule has 0 saturated heterocycles. The van der Waals surface area contributed by atoms with Crippen LogP contribution in [-0.4, -0.2) is 12.4 Å².